The molecule has 0 aliphatic heterocycles. The second kappa shape index (κ2) is 4.49. The Labute approximate surface area is 98.3 Å². The Morgan fingerprint density at radius 1 is 1.31 bits per heavy atom. The molecule has 3 nitrogen and oxygen atoms in total. The van der Waals surface area contributed by atoms with Crippen molar-refractivity contribution in [1.82, 2.24) is 9.78 Å². The van der Waals surface area contributed by atoms with E-state index in [1.54, 1.807) is 13.1 Å². The second-order valence-corrected chi connectivity index (χ2v) is 3.75. The van der Waals surface area contributed by atoms with Gasteiger partial charge in [0.25, 0.3) is 5.56 Å². The summed E-state index contributed by atoms with van der Waals surface area (Å²) >= 11 is 5.72. The fourth-order valence-corrected chi connectivity index (χ4v) is 1.71. The van der Waals surface area contributed by atoms with Crippen molar-refractivity contribution in [3.05, 3.63) is 52.3 Å². The maximum absolute atomic E-state index is 11.6. The van der Waals surface area contributed by atoms with Crippen LogP contribution in [0.3, 0.4) is 0 Å². The highest BCUT2D eigenvalue weighted by Gasteiger charge is 2.06. The molecular formula is C12H11ClN2O. The molecule has 16 heavy (non-hydrogen) atoms. The Hall–Kier alpha value is -1.61. The first-order chi connectivity index (χ1) is 7.72. The molecule has 0 N–H and O–H groups in total. The molecule has 0 aliphatic carbocycles. The van der Waals surface area contributed by atoms with Crippen molar-refractivity contribution in [2.45, 2.75) is 5.88 Å². The van der Waals surface area contributed by atoms with Gasteiger partial charge in [0.2, 0.25) is 0 Å². The topological polar surface area (TPSA) is 34.9 Å². The molecule has 4 heteroatoms. The van der Waals surface area contributed by atoms with Crippen LogP contribution in [0.25, 0.3) is 11.3 Å². The molecule has 0 aliphatic rings. The van der Waals surface area contributed by atoms with Crippen LogP contribution in [-0.4, -0.2) is 9.78 Å². The molecule has 0 amide bonds. The quantitative estimate of drug-likeness (QED) is 0.747. The molecule has 0 unspecified atom stereocenters. The van der Waals surface area contributed by atoms with Crippen LogP contribution in [0.2, 0.25) is 0 Å². The standard InChI is InChI=1S/C12H11ClN2O/c1-15-12(16)10(8-13)7-11(14-15)9-5-3-2-4-6-9/h2-7H,8H2,1H3. The lowest BCUT2D eigenvalue weighted by Gasteiger charge is -2.05. The van der Waals surface area contributed by atoms with Crippen molar-refractivity contribution in [2.75, 3.05) is 0 Å². The van der Waals surface area contributed by atoms with Crippen LogP contribution in [0.4, 0.5) is 0 Å². The lowest BCUT2D eigenvalue weighted by atomic mass is 10.1. The van der Waals surface area contributed by atoms with E-state index in [1.807, 2.05) is 30.3 Å². The van der Waals surface area contributed by atoms with Gasteiger partial charge in [0, 0.05) is 18.2 Å². The van der Waals surface area contributed by atoms with Crippen molar-refractivity contribution in [1.29, 1.82) is 0 Å². The predicted octanol–water partition coefficient (Wildman–Crippen LogP) is 2.19. The summed E-state index contributed by atoms with van der Waals surface area (Å²) in [4.78, 5) is 11.6. The molecule has 0 spiro atoms. The Bertz CT molecular complexity index is 549. The summed E-state index contributed by atoms with van der Waals surface area (Å²) in [5.41, 5.74) is 2.16. The number of nitrogens with zero attached hydrogens (tertiary/aromatic N) is 2. The van der Waals surface area contributed by atoms with Gasteiger partial charge in [-0.3, -0.25) is 4.79 Å². The van der Waals surface area contributed by atoms with Gasteiger partial charge >= 0.3 is 0 Å². The van der Waals surface area contributed by atoms with E-state index in [0.29, 0.717) is 5.56 Å². The number of aryl methyl sites for hydroxylation is 1. The number of alkyl halides is 1. The predicted molar refractivity (Wildman–Crippen MR) is 64.5 cm³/mol. The molecule has 1 aromatic carbocycles. The van der Waals surface area contributed by atoms with Crippen molar-refractivity contribution >= 4 is 11.6 Å². The minimum absolute atomic E-state index is 0.144. The van der Waals surface area contributed by atoms with Crippen LogP contribution in [0.5, 0.6) is 0 Å². The van der Waals surface area contributed by atoms with Gasteiger partial charge < -0.3 is 0 Å². The molecule has 1 aromatic heterocycles. The number of aromatic nitrogens is 2. The highest BCUT2D eigenvalue weighted by Crippen LogP contribution is 2.15. The van der Waals surface area contributed by atoms with E-state index in [0.717, 1.165) is 11.3 Å². The van der Waals surface area contributed by atoms with Crippen molar-refractivity contribution in [2.24, 2.45) is 7.05 Å². The van der Waals surface area contributed by atoms with Gasteiger partial charge in [0.05, 0.1) is 11.6 Å². The fraction of sp³-hybridized carbons (Fsp3) is 0.167. The number of benzene rings is 1. The van der Waals surface area contributed by atoms with Crippen LogP contribution in [0.1, 0.15) is 5.56 Å². The molecule has 0 bridgehead atoms. The average molecular weight is 235 g/mol. The van der Waals surface area contributed by atoms with E-state index in [1.165, 1.54) is 4.68 Å². The third-order valence-electron chi connectivity index (χ3n) is 2.35. The molecule has 82 valence electrons. The van der Waals surface area contributed by atoms with Crippen molar-refractivity contribution < 1.29 is 0 Å². The summed E-state index contributed by atoms with van der Waals surface area (Å²) in [5, 5.41) is 4.20. The number of hydrogen-bond donors (Lipinski definition) is 0. The molecule has 0 saturated carbocycles. The van der Waals surface area contributed by atoms with Crippen LogP contribution in [0.15, 0.2) is 41.2 Å². The minimum Gasteiger partial charge on any atom is -0.267 e. The summed E-state index contributed by atoms with van der Waals surface area (Å²) in [7, 11) is 1.63. The normalized spacial score (nSPS) is 10.4. The van der Waals surface area contributed by atoms with E-state index in [2.05, 4.69) is 5.10 Å². The maximum Gasteiger partial charge on any atom is 0.270 e. The third-order valence-corrected chi connectivity index (χ3v) is 2.64. The van der Waals surface area contributed by atoms with Crippen LogP contribution < -0.4 is 5.56 Å². The van der Waals surface area contributed by atoms with E-state index in [4.69, 9.17) is 11.6 Å². The van der Waals surface area contributed by atoms with Crippen LogP contribution in [-0.2, 0) is 12.9 Å². The zero-order valence-electron chi connectivity index (χ0n) is 8.85. The molecule has 0 saturated heterocycles. The summed E-state index contributed by atoms with van der Waals surface area (Å²) in [6.45, 7) is 0. The van der Waals surface area contributed by atoms with Gasteiger partial charge in [-0.25, -0.2) is 4.68 Å². The lowest BCUT2D eigenvalue weighted by molar-refractivity contribution is 0.704. The van der Waals surface area contributed by atoms with Gasteiger partial charge in [-0.05, 0) is 6.07 Å². The van der Waals surface area contributed by atoms with Gasteiger partial charge in [-0.2, -0.15) is 5.10 Å². The maximum atomic E-state index is 11.6. The SMILES string of the molecule is Cn1nc(-c2ccccc2)cc(CCl)c1=O. The second-order valence-electron chi connectivity index (χ2n) is 3.48. The highest BCUT2D eigenvalue weighted by atomic mass is 35.5. The zero-order valence-corrected chi connectivity index (χ0v) is 9.61. The molecule has 0 atom stereocenters. The van der Waals surface area contributed by atoms with E-state index < -0.39 is 0 Å². The van der Waals surface area contributed by atoms with Gasteiger partial charge in [0.15, 0.2) is 0 Å². The Balaban J connectivity index is 2.60. The molecule has 2 aromatic rings. The van der Waals surface area contributed by atoms with E-state index >= 15 is 0 Å². The average Bonchev–Trinajstić information content (AvgIpc) is 2.33. The fourth-order valence-electron chi connectivity index (χ4n) is 1.52. The summed E-state index contributed by atoms with van der Waals surface area (Å²) in [5.74, 6) is 0.203. The van der Waals surface area contributed by atoms with Crippen molar-refractivity contribution in [3.8, 4) is 11.3 Å². The van der Waals surface area contributed by atoms with Crippen LogP contribution in [0, 0.1) is 0 Å². The molecular weight excluding hydrogens is 224 g/mol. The first-order valence-corrected chi connectivity index (χ1v) is 5.44. The third kappa shape index (κ3) is 1.99. The largest absolute Gasteiger partial charge is 0.270 e. The summed E-state index contributed by atoms with van der Waals surface area (Å²) in [6.07, 6.45) is 0. The summed E-state index contributed by atoms with van der Waals surface area (Å²) < 4.78 is 1.32. The van der Waals surface area contributed by atoms with Gasteiger partial charge in [-0.15, -0.1) is 11.6 Å². The summed E-state index contributed by atoms with van der Waals surface area (Å²) in [6, 6.07) is 11.4. The Kier molecular flexibility index (Phi) is 3.06. The Morgan fingerprint density at radius 3 is 2.62 bits per heavy atom. The monoisotopic (exact) mass is 234 g/mol. The number of rotatable bonds is 2. The lowest BCUT2D eigenvalue weighted by Crippen LogP contribution is -2.23. The Morgan fingerprint density at radius 2 is 2.00 bits per heavy atom. The first kappa shape index (κ1) is 10.9. The smallest absolute Gasteiger partial charge is 0.267 e. The van der Waals surface area contributed by atoms with Crippen LogP contribution >= 0.6 is 11.6 Å². The van der Waals surface area contributed by atoms with Crippen molar-refractivity contribution in [3.63, 3.8) is 0 Å². The van der Waals surface area contributed by atoms with Gasteiger partial charge in [-0.1, -0.05) is 30.3 Å². The van der Waals surface area contributed by atoms with E-state index in [9.17, 15) is 4.79 Å². The highest BCUT2D eigenvalue weighted by molar-refractivity contribution is 6.17. The number of hydrogen-bond acceptors (Lipinski definition) is 2. The first-order valence-electron chi connectivity index (χ1n) is 4.91. The zero-order chi connectivity index (χ0) is 11.5. The number of halogens is 1. The minimum atomic E-state index is -0.144. The van der Waals surface area contributed by atoms with E-state index in [-0.39, 0.29) is 11.4 Å². The molecule has 2 rings (SSSR count). The molecule has 1 heterocycles. The molecule has 0 radical (unpaired) electrons. The molecule has 0 fully saturated rings. The van der Waals surface area contributed by atoms with Gasteiger partial charge in [0.1, 0.15) is 0 Å².